The summed E-state index contributed by atoms with van der Waals surface area (Å²) in [4.78, 5) is 27.1. The predicted octanol–water partition coefficient (Wildman–Crippen LogP) is 2.39. The van der Waals surface area contributed by atoms with E-state index in [1.165, 1.54) is 0 Å². The quantitative estimate of drug-likeness (QED) is 0.801. The normalized spacial score (nSPS) is 21.2. The smallest absolute Gasteiger partial charge is 0.261 e. The van der Waals surface area contributed by atoms with E-state index < -0.39 is 6.04 Å². The zero-order valence-corrected chi connectivity index (χ0v) is 15.6. The van der Waals surface area contributed by atoms with Crippen LogP contribution in [0.2, 0.25) is 0 Å². The highest BCUT2D eigenvalue weighted by atomic mass is 16.5. The third-order valence-corrected chi connectivity index (χ3v) is 4.96. The number of benzene rings is 2. The highest BCUT2D eigenvalue weighted by Crippen LogP contribution is 2.25. The van der Waals surface area contributed by atoms with Crippen LogP contribution in [-0.2, 0) is 9.59 Å². The first-order valence-electron chi connectivity index (χ1n) is 9.68. The van der Waals surface area contributed by atoms with Crippen LogP contribution >= 0.6 is 0 Å². The van der Waals surface area contributed by atoms with E-state index in [9.17, 15) is 9.59 Å². The van der Waals surface area contributed by atoms with Gasteiger partial charge in [0.25, 0.3) is 5.91 Å². The molecule has 1 aliphatic heterocycles. The molecule has 6 heteroatoms. The Labute approximate surface area is 164 Å². The largest absolute Gasteiger partial charge is 0.488 e. The summed E-state index contributed by atoms with van der Waals surface area (Å²) in [6.07, 6.45) is 2.27. The van der Waals surface area contributed by atoms with Gasteiger partial charge in [-0.1, -0.05) is 36.4 Å². The van der Waals surface area contributed by atoms with Crippen molar-refractivity contribution in [2.75, 3.05) is 13.2 Å². The molecule has 2 amide bonds. The van der Waals surface area contributed by atoms with Crippen molar-refractivity contribution in [3.8, 4) is 11.5 Å². The minimum atomic E-state index is -0.527. The van der Waals surface area contributed by atoms with Gasteiger partial charge in [-0.25, -0.2) is 0 Å². The van der Waals surface area contributed by atoms with Gasteiger partial charge in [0.2, 0.25) is 5.91 Å². The molecule has 28 heavy (non-hydrogen) atoms. The molecule has 2 aromatic carbocycles. The molecule has 0 bridgehead atoms. The fraction of sp³-hybridized carbons (Fsp3) is 0.364. The van der Waals surface area contributed by atoms with Crippen LogP contribution < -0.4 is 14.8 Å². The molecule has 0 radical (unpaired) electrons. The minimum absolute atomic E-state index is 0.102. The number of rotatable bonds is 7. The Hall–Kier alpha value is -3.02. The van der Waals surface area contributed by atoms with Gasteiger partial charge in [0, 0.05) is 12.5 Å². The lowest BCUT2D eigenvalue weighted by atomic mass is 10.2. The molecule has 2 atom stereocenters. The molecule has 146 valence electrons. The summed E-state index contributed by atoms with van der Waals surface area (Å²) in [6.45, 7) is 0.268. The Morgan fingerprint density at radius 3 is 2.25 bits per heavy atom. The molecule has 0 unspecified atom stereocenters. The van der Waals surface area contributed by atoms with Crippen molar-refractivity contribution in [2.45, 2.75) is 37.5 Å². The topological polar surface area (TPSA) is 67.9 Å². The lowest BCUT2D eigenvalue weighted by Crippen LogP contribution is -2.48. The van der Waals surface area contributed by atoms with Crippen molar-refractivity contribution in [3.63, 3.8) is 0 Å². The first-order valence-corrected chi connectivity index (χ1v) is 9.68. The molecule has 1 aliphatic carbocycles. The lowest BCUT2D eigenvalue weighted by molar-refractivity contribution is -0.140. The zero-order chi connectivity index (χ0) is 19.3. The molecule has 4 rings (SSSR count). The van der Waals surface area contributed by atoms with Crippen molar-refractivity contribution in [1.29, 1.82) is 0 Å². The molecule has 0 spiro atoms. The first-order chi connectivity index (χ1) is 13.7. The van der Waals surface area contributed by atoms with Gasteiger partial charge in [-0.2, -0.15) is 0 Å². The molecule has 0 aromatic heterocycles. The molecule has 6 nitrogen and oxygen atoms in total. The van der Waals surface area contributed by atoms with Crippen molar-refractivity contribution >= 4 is 11.8 Å². The SMILES string of the molecule is O=C(NC1CC1)[C@@H]1C[C@H](Oc2ccccc2)CN1C(=O)COc1ccccc1. The number of nitrogens with one attached hydrogen (secondary N) is 1. The summed E-state index contributed by atoms with van der Waals surface area (Å²) in [6, 6.07) is 18.4. The van der Waals surface area contributed by atoms with Crippen molar-refractivity contribution in [2.24, 2.45) is 0 Å². The van der Waals surface area contributed by atoms with E-state index >= 15 is 0 Å². The molecule has 1 heterocycles. The van der Waals surface area contributed by atoms with E-state index in [1.807, 2.05) is 48.5 Å². The number of hydrogen-bond acceptors (Lipinski definition) is 4. The van der Waals surface area contributed by atoms with Gasteiger partial charge in [-0.05, 0) is 37.1 Å². The number of ether oxygens (including phenoxy) is 2. The summed E-state index contributed by atoms with van der Waals surface area (Å²) >= 11 is 0. The second-order valence-corrected chi connectivity index (χ2v) is 7.24. The van der Waals surface area contributed by atoms with Crippen molar-refractivity contribution in [1.82, 2.24) is 10.2 Å². The molecular formula is C22H24N2O4. The molecular weight excluding hydrogens is 356 g/mol. The van der Waals surface area contributed by atoms with E-state index in [4.69, 9.17) is 9.47 Å². The highest BCUT2D eigenvalue weighted by molar-refractivity contribution is 5.89. The second kappa shape index (κ2) is 8.33. The maximum Gasteiger partial charge on any atom is 0.261 e. The molecule has 2 fully saturated rings. The standard InChI is InChI=1S/C22H24N2O4/c25-21(15-27-17-7-3-1-4-8-17)24-14-19(28-18-9-5-2-6-10-18)13-20(24)22(26)23-16-11-12-16/h1-10,16,19-20H,11-15H2,(H,23,26)/t19-,20-/m0/s1. The summed E-state index contributed by atoms with van der Waals surface area (Å²) in [5, 5.41) is 3.01. The third kappa shape index (κ3) is 4.63. The van der Waals surface area contributed by atoms with E-state index in [-0.39, 0.29) is 30.6 Å². The van der Waals surface area contributed by atoms with Crippen molar-refractivity contribution in [3.05, 3.63) is 60.7 Å². The Kier molecular flexibility index (Phi) is 5.46. The minimum Gasteiger partial charge on any atom is -0.488 e. The zero-order valence-electron chi connectivity index (χ0n) is 15.6. The fourth-order valence-corrected chi connectivity index (χ4v) is 3.37. The number of hydrogen-bond donors (Lipinski definition) is 1. The number of amides is 2. The average molecular weight is 380 g/mol. The summed E-state index contributed by atoms with van der Waals surface area (Å²) in [5.74, 6) is 1.06. The van der Waals surface area contributed by atoms with Crippen LogP contribution in [0.4, 0.5) is 0 Å². The molecule has 2 aliphatic rings. The third-order valence-electron chi connectivity index (χ3n) is 4.96. The van der Waals surface area contributed by atoms with Gasteiger partial charge < -0.3 is 19.7 Å². The summed E-state index contributed by atoms with van der Waals surface area (Å²) in [7, 11) is 0. The van der Waals surface area contributed by atoms with Gasteiger partial charge in [-0.3, -0.25) is 9.59 Å². The maximum atomic E-state index is 12.8. The Bertz CT molecular complexity index is 808. The lowest BCUT2D eigenvalue weighted by Gasteiger charge is -2.23. The summed E-state index contributed by atoms with van der Waals surface area (Å²) in [5.41, 5.74) is 0. The Morgan fingerprint density at radius 1 is 0.964 bits per heavy atom. The van der Waals surface area contributed by atoms with Crippen LogP contribution in [0, 0.1) is 0 Å². The van der Waals surface area contributed by atoms with E-state index in [1.54, 1.807) is 17.0 Å². The first kappa shape index (κ1) is 18.3. The van der Waals surface area contributed by atoms with Crippen LogP contribution in [0.1, 0.15) is 19.3 Å². The van der Waals surface area contributed by atoms with Crippen LogP contribution in [0.15, 0.2) is 60.7 Å². The van der Waals surface area contributed by atoms with Crippen LogP contribution in [-0.4, -0.2) is 48.1 Å². The molecule has 1 saturated heterocycles. The highest BCUT2D eigenvalue weighted by Gasteiger charge is 2.42. The van der Waals surface area contributed by atoms with Gasteiger partial charge in [-0.15, -0.1) is 0 Å². The van der Waals surface area contributed by atoms with E-state index in [0.717, 1.165) is 18.6 Å². The number of likely N-dealkylation sites (tertiary alicyclic amines) is 1. The second-order valence-electron chi connectivity index (χ2n) is 7.24. The van der Waals surface area contributed by atoms with Crippen LogP contribution in [0.5, 0.6) is 11.5 Å². The van der Waals surface area contributed by atoms with Crippen LogP contribution in [0.3, 0.4) is 0 Å². The Morgan fingerprint density at radius 2 is 1.61 bits per heavy atom. The van der Waals surface area contributed by atoms with Gasteiger partial charge in [0.15, 0.2) is 6.61 Å². The van der Waals surface area contributed by atoms with E-state index in [2.05, 4.69) is 5.32 Å². The number of carbonyl (C=O) groups is 2. The van der Waals surface area contributed by atoms with Crippen molar-refractivity contribution < 1.29 is 19.1 Å². The van der Waals surface area contributed by atoms with E-state index in [0.29, 0.717) is 18.7 Å². The van der Waals surface area contributed by atoms with Gasteiger partial charge in [0.1, 0.15) is 23.6 Å². The molecule has 1 N–H and O–H groups in total. The molecule has 2 aromatic rings. The average Bonchev–Trinajstić information content (AvgIpc) is 3.44. The number of carbonyl (C=O) groups excluding carboxylic acids is 2. The van der Waals surface area contributed by atoms with Gasteiger partial charge >= 0.3 is 0 Å². The molecule has 1 saturated carbocycles. The monoisotopic (exact) mass is 380 g/mol. The summed E-state index contributed by atoms with van der Waals surface area (Å²) < 4.78 is 11.6. The number of nitrogens with zero attached hydrogens (tertiary/aromatic N) is 1. The predicted molar refractivity (Wildman–Crippen MR) is 104 cm³/mol. The maximum absolute atomic E-state index is 12.8. The van der Waals surface area contributed by atoms with Crippen LogP contribution in [0.25, 0.3) is 0 Å². The number of para-hydroxylation sites is 2. The van der Waals surface area contributed by atoms with Gasteiger partial charge in [0.05, 0.1) is 6.54 Å². The fourth-order valence-electron chi connectivity index (χ4n) is 3.37. The Balaban J connectivity index is 1.41.